The van der Waals surface area contributed by atoms with Crippen LogP contribution >= 0.6 is 11.6 Å². The summed E-state index contributed by atoms with van der Waals surface area (Å²) in [6.45, 7) is 5.26. The van der Waals surface area contributed by atoms with Crippen LogP contribution in [0.1, 0.15) is 6.92 Å². The molecule has 2 atom stereocenters. The number of hydrogen-bond acceptors (Lipinski definition) is 2. The Hall–Kier alpha value is -0.990. The topological polar surface area (TPSA) is 29.5 Å². The van der Waals surface area contributed by atoms with Crippen LogP contribution in [-0.2, 0) is 0 Å². The lowest BCUT2D eigenvalue weighted by molar-refractivity contribution is 0.0796. The zero-order valence-corrected chi connectivity index (χ0v) is 8.74. The zero-order chi connectivity index (χ0) is 10.6. The van der Waals surface area contributed by atoms with Crippen LogP contribution in [0.2, 0.25) is 5.02 Å². The van der Waals surface area contributed by atoms with E-state index in [0.29, 0.717) is 10.8 Å². The Morgan fingerprint density at radius 3 is 2.86 bits per heavy atom. The highest BCUT2D eigenvalue weighted by molar-refractivity contribution is 6.30. The molecule has 0 aliphatic heterocycles. The molecule has 0 fully saturated rings. The molecular weight excluding hydrogens is 200 g/mol. The van der Waals surface area contributed by atoms with Crippen molar-refractivity contribution in [1.82, 2.24) is 0 Å². The van der Waals surface area contributed by atoms with Gasteiger partial charge in [-0.1, -0.05) is 23.7 Å². The summed E-state index contributed by atoms with van der Waals surface area (Å²) < 4.78 is 5.44. The van der Waals surface area contributed by atoms with Gasteiger partial charge in [0.15, 0.2) is 0 Å². The van der Waals surface area contributed by atoms with Crippen LogP contribution < -0.4 is 4.74 Å². The van der Waals surface area contributed by atoms with Crippen LogP contribution in [0.3, 0.4) is 0 Å². The van der Waals surface area contributed by atoms with E-state index in [1.54, 1.807) is 31.2 Å². The molecule has 0 aliphatic rings. The largest absolute Gasteiger partial charge is 0.488 e. The quantitative estimate of drug-likeness (QED) is 0.778. The van der Waals surface area contributed by atoms with E-state index in [1.165, 1.54) is 6.08 Å². The van der Waals surface area contributed by atoms with Gasteiger partial charge in [-0.25, -0.2) is 0 Å². The normalized spacial score (nSPS) is 14.5. The van der Waals surface area contributed by atoms with E-state index in [4.69, 9.17) is 16.3 Å². The van der Waals surface area contributed by atoms with E-state index in [0.717, 1.165) is 0 Å². The maximum atomic E-state index is 9.38. The first-order chi connectivity index (χ1) is 6.63. The van der Waals surface area contributed by atoms with Crippen molar-refractivity contribution in [3.8, 4) is 5.75 Å². The van der Waals surface area contributed by atoms with Gasteiger partial charge in [0.2, 0.25) is 0 Å². The predicted octanol–water partition coefficient (Wildman–Crippen LogP) is 2.65. The smallest absolute Gasteiger partial charge is 0.125 e. The second-order valence-electron chi connectivity index (χ2n) is 3.01. The third kappa shape index (κ3) is 3.05. The minimum absolute atomic E-state index is 0.328. The first-order valence-corrected chi connectivity index (χ1v) is 4.74. The van der Waals surface area contributed by atoms with Gasteiger partial charge in [0.05, 0.1) is 0 Å². The third-order valence-corrected chi connectivity index (χ3v) is 2.08. The van der Waals surface area contributed by atoms with E-state index in [-0.39, 0.29) is 6.10 Å². The Labute approximate surface area is 88.8 Å². The van der Waals surface area contributed by atoms with E-state index >= 15 is 0 Å². The van der Waals surface area contributed by atoms with Gasteiger partial charge in [-0.05, 0) is 25.1 Å². The average Bonchev–Trinajstić information content (AvgIpc) is 2.16. The molecule has 0 aromatic heterocycles. The molecule has 0 spiro atoms. The highest BCUT2D eigenvalue weighted by Gasteiger charge is 2.11. The van der Waals surface area contributed by atoms with E-state index in [1.807, 2.05) is 0 Å². The molecule has 1 aromatic carbocycles. The van der Waals surface area contributed by atoms with Crippen LogP contribution in [0.25, 0.3) is 0 Å². The summed E-state index contributed by atoms with van der Waals surface area (Å²) in [5.74, 6) is 0.644. The van der Waals surface area contributed by atoms with Crippen molar-refractivity contribution in [2.45, 2.75) is 19.1 Å². The number of hydrogen-bond donors (Lipinski definition) is 1. The van der Waals surface area contributed by atoms with Gasteiger partial charge < -0.3 is 9.84 Å². The summed E-state index contributed by atoms with van der Waals surface area (Å²) in [5, 5.41) is 9.99. The van der Waals surface area contributed by atoms with E-state index in [2.05, 4.69) is 6.58 Å². The Balaban J connectivity index is 2.64. The number of aliphatic hydroxyl groups excluding tert-OH is 1. The van der Waals surface area contributed by atoms with Crippen LogP contribution in [-0.4, -0.2) is 17.3 Å². The lowest BCUT2D eigenvalue weighted by atomic mass is 10.2. The summed E-state index contributed by atoms with van der Waals surface area (Å²) in [6.07, 6.45) is 0.440. The molecule has 1 rings (SSSR count). The van der Waals surface area contributed by atoms with Crippen molar-refractivity contribution in [1.29, 1.82) is 0 Å². The predicted molar refractivity (Wildman–Crippen MR) is 57.7 cm³/mol. The molecule has 76 valence electrons. The van der Waals surface area contributed by atoms with Gasteiger partial charge in [-0.3, -0.25) is 0 Å². The lowest BCUT2D eigenvalue weighted by Gasteiger charge is -2.17. The van der Waals surface area contributed by atoms with Crippen molar-refractivity contribution in [2.24, 2.45) is 0 Å². The Bertz CT molecular complexity index is 312. The number of halogens is 1. The molecule has 0 bridgehead atoms. The molecule has 0 amide bonds. The molecule has 0 saturated carbocycles. The van der Waals surface area contributed by atoms with Gasteiger partial charge >= 0.3 is 0 Å². The molecule has 1 N–H and O–H groups in total. The van der Waals surface area contributed by atoms with Crippen LogP contribution in [0.5, 0.6) is 5.75 Å². The molecule has 0 aliphatic carbocycles. The van der Waals surface area contributed by atoms with Gasteiger partial charge in [-0.15, -0.1) is 6.58 Å². The summed E-state index contributed by atoms with van der Waals surface area (Å²) in [7, 11) is 0. The fraction of sp³-hybridized carbons (Fsp3) is 0.273. The van der Waals surface area contributed by atoms with Gasteiger partial charge in [0.1, 0.15) is 18.0 Å². The Kier molecular flexibility index (Phi) is 3.98. The first kappa shape index (κ1) is 11.1. The summed E-state index contributed by atoms with van der Waals surface area (Å²) >= 11 is 5.78. The third-order valence-electron chi connectivity index (χ3n) is 1.84. The van der Waals surface area contributed by atoms with Crippen molar-refractivity contribution >= 4 is 11.6 Å². The van der Waals surface area contributed by atoms with Crippen molar-refractivity contribution in [2.75, 3.05) is 0 Å². The molecular formula is C11H13ClO2. The monoisotopic (exact) mass is 212 g/mol. The van der Waals surface area contributed by atoms with Crippen LogP contribution in [0, 0.1) is 0 Å². The van der Waals surface area contributed by atoms with Crippen LogP contribution in [0.15, 0.2) is 36.9 Å². The zero-order valence-electron chi connectivity index (χ0n) is 7.98. The number of aliphatic hydroxyl groups is 1. The van der Waals surface area contributed by atoms with Crippen LogP contribution in [0.4, 0.5) is 0 Å². The molecule has 3 heteroatoms. The maximum absolute atomic E-state index is 9.38. The second kappa shape index (κ2) is 5.03. The standard InChI is InChI=1S/C11H13ClO2/c1-3-11(13)8(2)14-10-6-4-5-9(12)7-10/h3-8,11,13H,1H2,2H3. The number of ether oxygens (including phenoxy) is 1. The van der Waals surface area contributed by atoms with E-state index in [9.17, 15) is 5.11 Å². The minimum atomic E-state index is -0.672. The fourth-order valence-corrected chi connectivity index (χ4v) is 1.20. The maximum Gasteiger partial charge on any atom is 0.125 e. The molecule has 2 unspecified atom stereocenters. The summed E-state index contributed by atoms with van der Waals surface area (Å²) in [4.78, 5) is 0. The Morgan fingerprint density at radius 2 is 2.29 bits per heavy atom. The van der Waals surface area contributed by atoms with Crippen molar-refractivity contribution in [3.05, 3.63) is 41.9 Å². The number of benzene rings is 1. The summed E-state index contributed by atoms with van der Waals surface area (Å²) in [5.41, 5.74) is 0. The van der Waals surface area contributed by atoms with Crippen molar-refractivity contribution < 1.29 is 9.84 Å². The SMILES string of the molecule is C=CC(O)C(C)Oc1cccc(Cl)c1. The average molecular weight is 213 g/mol. The number of rotatable bonds is 4. The van der Waals surface area contributed by atoms with Crippen molar-refractivity contribution in [3.63, 3.8) is 0 Å². The molecule has 2 nitrogen and oxygen atoms in total. The summed E-state index contributed by atoms with van der Waals surface area (Å²) in [6, 6.07) is 7.06. The van der Waals surface area contributed by atoms with Gasteiger partial charge in [-0.2, -0.15) is 0 Å². The highest BCUT2D eigenvalue weighted by atomic mass is 35.5. The van der Waals surface area contributed by atoms with E-state index < -0.39 is 6.10 Å². The van der Waals surface area contributed by atoms with Gasteiger partial charge in [0, 0.05) is 5.02 Å². The molecule has 0 radical (unpaired) electrons. The minimum Gasteiger partial charge on any atom is -0.488 e. The first-order valence-electron chi connectivity index (χ1n) is 4.36. The molecule has 0 saturated heterocycles. The second-order valence-corrected chi connectivity index (χ2v) is 3.44. The highest BCUT2D eigenvalue weighted by Crippen LogP contribution is 2.19. The molecule has 1 aromatic rings. The Morgan fingerprint density at radius 1 is 1.57 bits per heavy atom. The molecule has 0 heterocycles. The van der Waals surface area contributed by atoms with Gasteiger partial charge in [0.25, 0.3) is 0 Å². The fourth-order valence-electron chi connectivity index (χ4n) is 1.02. The molecule has 14 heavy (non-hydrogen) atoms. The lowest BCUT2D eigenvalue weighted by Crippen LogP contribution is -2.26.